The second kappa shape index (κ2) is 7.39. The molecule has 0 spiro atoms. The number of hydrogen-bond acceptors (Lipinski definition) is 2. The van der Waals surface area contributed by atoms with Gasteiger partial charge in [-0.05, 0) is 91.8 Å². The number of aliphatic hydroxyl groups excluding tert-OH is 1. The van der Waals surface area contributed by atoms with Crippen molar-refractivity contribution in [2.75, 3.05) is 6.61 Å². The number of fused-ring (bicyclic) bond motifs is 1. The Hall–Kier alpha value is -0.0800. The Labute approximate surface area is 163 Å². The van der Waals surface area contributed by atoms with E-state index < -0.39 is 0 Å². The maximum Gasteiger partial charge on any atom is 0.0467 e. The van der Waals surface area contributed by atoms with Crippen LogP contribution < -0.4 is 5.73 Å². The normalized spacial score (nSPS) is 42.6. The minimum atomic E-state index is -0.0633. The van der Waals surface area contributed by atoms with E-state index in [1.165, 1.54) is 32.1 Å². The Morgan fingerprint density at radius 3 is 2.15 bits per heavy atom. The summed E-state index contributed by atoms with van der Waals surface area (Å²) in [6, 6.07) is 0. The first-order valence-electron chi connectivity index (χ1n) is 11.2. The summed E-state index contributed by atoms with van der Waals surface area (Å²) >= 11 is 0. The second-order valence-corrected chi connectivity index (χ2v) is 12.0. The summed E-state index contributed by atoms with van der Waals surface area (Å²) in [5.41, 5.74) is 7.35. The molecule has 0 aliphatic heterocycles. The highest BCUT2D eigenvalue weighted by Gasteiger charge is 2.58. The Bertz CT molecular complexity index is 483. The van der Waals surface area contributed by atoms with E-state index in [1.807, 2.05) is 0 Å². The van der Waals surface area contributed by atoms with Crippen LogP contribution in [-0.4, -0.2) is 17.3 Å². The highest BCUT2D eigenvalue weighted by molar-refractivity contribution is 5.09. The van der Waals surface area contributed by atoms with Crippen LogP contribution in [0.5, 0.6) is 0 Å². The first kappa shape index (κ1) is 22.2. The third-order valence-electron chi connectivity index (χ3n) is 9.47. The van der Waals surface area contributed by atoms with Gasteiger partial charge in [0.25, 0.3) is 0 Å². The number of nitrogens with two attached hydrogens (primary N) is 1. The summed E-state index contributed by atoms with van der Waals surface area (Å²) in [5.74, 6) is 2.44. The largest absolute Gasteiger partial charge is 0.396 e. The van der Waals surface area contributed by atoms with Crippen molar-refractivity contribution in [3.8, 4) is 0 Å². The molecule has 0 unspecified atom stereocenters. The van der Waals surface area contributed by atoms with Crippen molar-refractivity contribution in [3.05, 3.63) is 0 Å². The highest BCUT2D eigenvalue weighted by Crippen LogP contribution is 2.64. The number of rotatable bonds is 6. The lowest BCUT2D eigenvalue weighted by Crippen LogP contribution is -2.59. The van der Waals surface area contributed by atoms with Crippen molar-refractivity contribution >= 4 is 0 Å². The summed E-state index contributed by atoms with van der Waals surface area (Å²) in [6.45, 7) is 19.5. The first-order valence-corrected chi connectivity index (χ1v) is 11.2. The van der Waals surface area contributed by atoms with E-state index in [0.717, 1.165) is 24.7 Å². The fraction of sp³-hybridized carbons (Fsp3) is 1.00. The summed E-state index contributed by atoms with van der Waals surface area (Å²) in [5, 5.41) is 10.5. The van der Waals surface area contributed by atoms with Gasteiger partial charge in [0.05, 0.1) is 0 Å². The molecule has 0 saturated heterocycles. The molecule has 26 heavy (non-hydrogen) atoms. The van der Waals surface area contributed by atoms with E-state index >= 15 is 0 Å². The fourth-order valence-electron chi connectivity index (χ4n) is 6.10. The van der Waals surface area contributed by atoms with E-state index in [9.17, 15) is 5.11 Å². The average Bonchev–Trinajstić information content (AvgIpc) is 2.54. The lowest BCUT2D eigenvalue weighted by molar-refractivity contribution is -0.145. The lowest BCUT2D eigenvalue weighted by atomic mass is 9.43. The molecule has 0 bridgehead atoms. The Balaban J connectivity index is 2.26. The molecule has 2 aliphatic rings. The molecule has 154 valence electrons. The minimum absolute atomic E-state index is 0.0633. The van der Waals surface area contributed by atoms with E-state index in [2.05, 4.69) is 55.4 Å². The zero-order valence-electron chi connectivity index (χ0n) is 19.0. The molecule has 0 heterocycles. The van der Waals surface area contributed by atoms with Crippen LogP contribution in [0.3, 0.4) is 0 Å². The summed E-state index contributed by atoms with van der Waals surface area (Å²) < 4.78 is 0. The molecule has 2 saturated carbocycles. The summed E-state index contributed by atoms with van der Waals surface area (Å²) in [4.78, 5) is 0. The van der Waals surface area contributed by atoms with Gasteiger partial charge in [-0.25, -0.2) is 0 Å². The van der Waals surface area contributed by atoms with Crippen LogP contribution >= 0.6 is 0 Å². The average molecular weight is 366 g/mol. The van der Waals surface area contributed by atoms with Crippen molar-refractivity contribution < 1.29 is 5.11 Å². The maximum absolute atomic E-state index is 10.5. The van der Waals surface area contributed by atoms with Crippen molar-refractivity contribution in [2.24, 2.45) is 45.7 Å². The molecular formula is C24H47NO. The van der Waals surface area contributed by atoms with Crippen molar-refractivity contribution in [2.45, 2.75) is 106 Å². The van der Waals surface area contributed by atoms with Gasteiger partial charge < -0.3 is 10.8 Å². The molecule has 3 N–H and O–H groups in total. The molecule has 2 rings (SSSR count). The molecule has 2 aliphatic carbocycles. The predicted molar refractivity (Wildman–Crippen MR) is 113 cm³/mol. The molecule has 2 nitrogen and oxygen atoms in total. The zero-order valence-corrected chi connectivity index (χ0v) is 19.0. The molecular weight excluding hydrogens is 318 g/mol. The van der Waals surface area contributed by atoms with Gasteiger partial charge >= 0.3 is 0 Å². The van der Waals surface area contributed by atoms with Crippen molar-refractivity contribution in [1.29, 1.82) is 0 Å². The van der Waals surface area contributed by atoms with Crippen LogP contribution in [-0.2, 0) is 0 Å². The van der Waals surface area contributed by atoms with E-state index in [1.54, 1.807) is 0 Å². The van der Waals surface area contributed by atoms with Crippen LogP contribution in [0.25, 0.3) is 0 Å². The van der Waals surface area contributed by atoms with Gasteiger partial charge in [-0.2, -0.15) is 0 Å². The topological polar surface area (TPSA) is 46.2 Å². The van der Waals surface area contributed by atoms with Crippen LogP contribution in [0.15, 0.2) is 0 Å². The van der Waals surface area contributed by atoms with Gasteiger partial charge in [-0.15, -0.1) is 0 Å². The smallest absolute Gasteiger partial charge is 0.0467 e. The molecule has 2 heteroatoms. The molecule has 0 aromatic carbocycles. The molecule has 0 aromatic rings. The van der Waals surface area contributed by atoms with Gasteiger partial charge in [0, 0.05) is 12.1 Å². The molecule has 0 radical (unpaired) electrons. The van der Waals surface area contributed by atoms with Crippen LogP contribution in [0.2, 0.25) is 0 Å². The third-order valence-corrected chi connectivity index (χ3v) is 9.47. The van der Waals surface area contributed by atoms with Crippen molar-refractivity contribution in [1.82, 2.24) is 0 Å². The summed E-state index contributed by atoms with van der Waals surface area (Å²) in [7, 11) is 0. The second-order valence-electron chi connectivity index (χ2n) is 12.0. The summed E-state index contributed by atoms with van der Waals surface area (Å²) in [6.07, 6.45) is 8.51. The molecule has 0 aromatic heterocycles. The van der Waals surface area contributed by atoms with Gasteiger partial charge in [-0.1, -0.05) is 48.5 Å². The standard InChI is InChI=1S/C24H47NO/c1-17(2)18(3)9-10-21(4,5)24(8)14-12-22(6)11-13-23(7,25)15-19(22)20(24)16-26/h17-20,26H,9-16,25H2,1-8H3/t18-,19-,20+,22+,23-,24+/m0/s1. The maximum atomic E-state index is 10.5. The highest BCUT2D eigenvalue weighted by atomic mass is 16.3. The fourth-order valence-corrected chi connectivity index (χ4v) is 6.10. The molecule has 2 fully saturated rings. The van der Waals surface area contributed by atoms with E-state index in [0.29, 0.717) is 23.9 Å². The Morgan fingerprint density at radius 2 is 1.62 bits per heavy atom. The van der Waals surface area contributed by atoms with E-state index in [4.69, 9.17) is 5.73 Å². The van der Waals surface area contributed by atoms with Crippen LogP contribution in [0, 0.1) is 39.9 Å². The predicted octanol–water partition coefficient (Wildman–Crippen LogP) is 6.02. The number of aliphatic hydroxyl groups is 1. The quantitative estimate of drug-likeness (QED) is 0.605. The first-order chi connectivity index (χ1) is 11.8. The lowest BCUT2D eigenvalue weighted by Gasteiger charge is -2.63. The van der Waals surface area contributed by atoms with Gasteiger partial charge in [-0.3, -0.25) is 0 Å². The van der Waals surface area contributed by atoms with Gasteiger partial charge in [0.15, 0.2) is 0 Å². The van der Waals surface area contributed by atoms with Crippen LogP contribution in [0.1, 0.15) is 100 Å². The number of hydrogen-bond donors (Lipinski definition) is 2. The minimum Gasteiger partial charge on any atom is -0.396 e. The molecule has 0 amide bonds. The Morgan fingerprint density at radius 1 is 1.04 bits per heavy atom. The van der Waals surface area contributed by atoms with Gasteiger partial charge in [0.1, 0.15) is 0 Å². The molecule has 6 atom stereocenters. The van der Waals surface area contributed by atoms with Crippen molar-refractivity contribution in [3.63, 3.8) is 0 Å². The third kappa shape index (κ3) is 4.02. The SMILES string of the molecule is CC(C)[C@@H](C)CCC(C)(C)[C@]1(C)CC[C@@]2(C)CC[C@](C)(N)C[C@H]2[C@H]1CO. The van der Waals surface area contributed by atoms with Crippen LogP contribution in [0.4, 0.5) is 0 Å². The Kier molecular flexibility index (Phi) is 6.31. The zero-order chi connectivity index (χ0) is 20.0. The monoisotopic (exact) mass is 365 g/mol. The van der Waals surface area contributed by atoms with E-state index in [-0.39, 0.29) is 16.4 Å². The van der Waals surface area contributed by atoms with Gasteiger partial charge in [0.2, 0.25) is 0 Å².